The number of carbonyl (C=O) groups excluding carboxylic acids is 1. The van der Waals surface area contributed by atoms with Crippen LogP contribution in [0.5, 0.6) is 0 Å². The molecular weight excluding hydrogens is 334 g/mol. The van der Waals surface area contributed by atoms with Gasteiger partial charge in [0.15, 0.2) is 0 Å². The SMILES string of the molecule is CCOC(=O)c1c(C(=O)O)c(C(=O)O)c(C(=O)O)n1-c1ccccc1. The maximum atomic E-state index is 12.3. The standard InChI is InChI=1S/C16H13NO8/c1-2-25-16(24)12-10(14(20)21)9(13(18)19)11(15(22)23)17(12)8-6-4-3-5-7-8/h3-7H,2H2,1H3,(H,18,19)(H,20,21)(H,22,23). The molecule has 0 saturated carbocycles. The van der Waals surface area contributed by atoms with Gasteiger partial charge in [0.1, 0.15) is 22.5 Å². The van der Waals surface area contributed by atoms with Crippen LogP contribution in [-0.2, 0) is 4.74 Å². The zero-order valence-electron chi connectivity index (χ0n) is 12.9. The van der Waals surface area contributed by atoms with Crippen molar-refractivity contribution in [2.45, 2.75) is 6.92 Å². The fourth-order valence-corrected chi connectivity index (χ4v) is 2.42. The molecule has 1 heterocycles. The molecule has 0 fully saturated rings. The van der Waals surface area contributed by atoms with Crippen molar-refractivity contribution in [2.24, 2.45) is 0 Å². The van der Waals surface area contributed by atoms with Gasteiger partial charge in [-0.05, 0) is 19.1 Å². The van der Waals surface area contributed by atoms with Crippen LogP contribution in [0.2, 0.25) is 0 Å². The number of aromatic carboxylic acids is 3. The minimum atomic E-state index is -1.78. The predicted molar refractivity (Wildman–Crippen MR) is 82.6 cm³/mol. The largest absolute Gasteiger partial charge is 0.478 e. The number of carboxylic acid groups (broad SMARTS) is 3. The summed E-state index contributed by atoms with van der Waals surface area (Å²) in [5.74, 6) is -6.37. The molecule has 2 rings (SSSR count). The Morgan fingerprint density at radius 2 is 1.40 bits per heavy atom. The lowest BCUT2D eigenvalue weighted by Crippen LogP contribution is -2.17. The number of para-hydroxylation sites is 1. The van der Waals surface area contributed by atoms with Crippen molar-refractivity contribution in [3.8, 4) is 5.69 Å². The third kappa shape index (κ3) is 3.07. The van der Waals surface area contributed by atoms with Crippen LogP contribution >= 0.6 is 0 Å². The molecule has 0 unspecified atom stereocenters. The van der Waals surface area contributed by atoms with E-state index in [4.69, 9.17) is 4.74 Å². The molecule has 3 N–H and O–H groups in total. The number of aromatic nitrogens is 1. The van der Waals surface area contributed by atoms with E-state index in [1.54, 1.807) is 6.07 Å². The summed E-state index contributed by atoms with van der Waals surface area (Å²) in [6.45, 7) is 1.37. The highest BCUT2D eigenvalue weighted by Gasteiger charge is 2.38. The fraction of sp³-hybridized carbons (Fsp3) is 0.125. The van der Waals surface area contributed by atoms with Gasteiger partial charge in [-0.2, -0.15) is 0 Å². The number of rotatable bonds is 6. The highest BCUT2D eigenvalue weighted by Crippen LogP contribution is 2.28. The van der Waals surface area contributed by atoms with Gasteiger partial charge in [0.25, 0.3) is 0 Å². The number of esters is 1. The van der Waals surface area contributed by atoms with Crippen LogP contribution in [0, 0.1) is 0 Å². The van der Waals surface area contributed by atoms with Gasteiger partial charge in [-0.3, -0.25) is 4.57 Å². The predicted octanol–water partition coefficient (Wildman–Crippen LogP) is 1.75. The second kappa shape index (κ2) is 6.87. The van der Waals surface area contributed by atoms with E-state index >= 15 is 0 Å². The van der Waals surface area contributed by atoms with Crippen molar-refractivity contribution in [2.75, 3.05) is 6.61 Å². The number of nitrogens with zero attached hydrogens (tertiary/aromatic N) is 1. The second-order valence-electron chi connectivity index (χ2n) is 4.75. The Kier molecular flexibility index (Phi) is 4.87. The molecule has 9 heteroatoms. The number of hydrogen-bond donors (Lipinski definition) is 3. The Bertz CT molecular complexity index is 866. The number of carbonyl (C=O) groups is 4. The maximum Gasteiger partial charge on any atom is 0.356 e. The van der Waals surface area contributed by atoms with Crippen LogP contribution in [0.3, 0.4) is 0 Å². The van der Waals surface area contributed by atoms with Gasteiger partial charge in [-0.1, -0.05) is 18.2 Å². The first-order valence-electron chi connectivity index (χ1n) is 7.02. The van der Waals surface area contributed by atoms with Gasteiger partial charge in [-0.25, -0.2) is 19.2 Å². The van der Waals surface area contributed by atoms with E-state index in [0.29, 0.717) is 0 Å². The van der Waals surface area contributed by atoms with E-state index < -0.39 is 46.4 Å². The van der Waals surface area contributed by atoms with Crippen molar-refractivity contribution in [1.82, 2.24) is 4.57 Å². The molecule has 0 aliphatic heterocycles. The van der Waals surface area contributed by atoms with Crippen molar-refractivity contribution in [3.63, 3.8) is 0 Å². The zero-order chi connectivity index (χ0) is 18.7. The molecular formula is C16H13NO8. The second-order valence-corrected chi connectivity index (χ2v) is 4.75. The quantitative estimate of drug-likeness (QED) is 0.671. The zero-order valence-corrected chi connectivity index (χ0v) is 12.9. The molecule has 0 radical (unpaired) electrons. The van der Waals surface area contributed by atoms with Gasteiger partial charge < -0.3 is 20.1 Å². The third-order valence-corrected chi connectivity index (χ3v) is 3.28. The van der Waals surface area contributed by atoms with Crippen LogP contribution in [0.25, 0.3) is 5.69 Å². The minimum absolute atomic E-state index is 0.108. The number of carboxylic acids is 3. The van der Waals surface area contributed by atoms with Crippen molar-refractivity contribution in [1.29, 1.82) is 0 Å². The van der Waals surface area contributed by atoms with E-state index in [1.165, 1.54) is 31.2 Å². The smallest absolute Gasteiger partial charge is 0.356 e. The normalized spacial score (nSPS) is 10.3. The fourth-order valence-electron chi connectivity index (χ4n) is 2.42. The molecule has 0 amide bonds. The summed E-state index contributed by atoms with van der Waals surface area (Å²) < 4.78 is 5.57. The van der Waals surface area contributed by atoms with Gasteiger partial charge >= 0.3 is 23.9 Å². The van der Waals surface area contributed by atoms with E-state index in [9.17, 15) is 34.5 Å². The van der Waals surface area contributed by atoms with E-state index in [2.05, 4.69) is 0 Å². The first kappa shape index (κ1) is 17.7. The molecule has 0 aliphatic carbocycles. The first-order valence-corrected chi connectivity index (χ1v) is 7.02. The van der Waals surface area contributed by atoms with E-state index in [0.717, 1.165) is 4.57 Å². The molecule has 1 aromatic carbocycles. The average molecular weight is 347 g/mol. The molecule has 2 aromatic rings. The summed E-state index contributed by atoms with van der Waals surface area (Å²) in [5.41, 5.74) is -3.34. The topological polar surface area (TPSA) is 143 Å². The third-order valence-electron chi connectivity index (χ3n) is 3.28. The Hall–Kier alpha value is -3.62. The molecule has 0 aliphatic rings. The molecule has 0 saturated heterocycles. The van der Waals surface area contributed by atoms with Gasteiger partial charge in [-0.15, -0.1) is 0 Å². The van der Waals surface area contributed by atoms with Crippen LogP contribution < -0.4 is 0 Å². The Morgan fingerprint density at radius 1 is 0.880 bits per heavy atom. The summed E-state index contributed by atoms with van der Waals surface area (Å²) in [5, 5.41) is 28.2. The van der Waals surface area contributed by atoms with Gasteiger partial charge in [0.2, 0.25) is 0 Å². The molecule has 25 heavy (non-hydrogen) atoms. The van der Waals surface area contributed by atoms with E-state index in [1.807, 2.05) is 0 Å². The first-order chi connectivity index (χ1) is 11.8. The summed E-state index contributed by atoms with van der Waals surface area (Å²) in [6, 6.07) is 7.49. The highest BCUT2D eigenvalue weighted by atomic mass is 16.5. The van der Waals surface area contributed by atoms with E-state index in [-0.39, 0.29) is 12.3 Å². The lowest BCUT2D eigenvalue weighted by atomic mass is 10.1. The minimum Gasteiger partial charge on any atom is -0.478 e. The number of benzene rings is 1. The van der Waals surface area contributed by atoms with Crippen LogP contribution in [-0.4, -0.2) is 50.4 Å². The van der Waals surface area contributed by atoms with Crippen LogP contribution in [0.15, 0.2) is 30.3 Å². The summed E-state index contributed by atoms with van der Waals surface area (Å²) in [4.78, 5) is 47.1. The molecule has 1 aromatic heterocycles. The van der Waals surface area contributed by atoms with Crippen LogP contribution in [0.4, 0.5) is 0 Å². The summed E-state index contributed by atoms with van der Waals surface area (Å²) >= 11 is 0. The molecule has 0 atom stereocenters. The lowest BCUT2D eigenvalue weighted by Gasteiger charge is -2.11. The number of ether oxygens (including phenoxy) is 1. The molecule has 130 valence electrons. The van der Waals surface area contributed by atoms with Gasteiger partial charge in [0.05, 0.1) is 6.61 Å². The number of hydrogen-bond acceptors (Lipinski definition) is 5. The maximum absolute atomic E-state index is 12.3. The Morgan fingerprint density at radius 3 is 1.84 bits per heavy atom. The molecule has 9 nitrogen and oxygen atoms in total. The van der Waals surface area contributed by atoms with Gasteiger partial charge in [0, 0.05) is 5.69 Å². The van der Waals surface area contributed by atoms with Crippen molar-refractivity contribution in [3.05, 3.63) is 52.8 Å². The van der Waals surface area contributed by atoms with Crippen molar-refractivity contribution >= 4 is 23.9 Å². The monoisotopic (exact) mass is 347 g/mol. The highest BCUT2D eigenvalue weighted by molar-refractivity contribution is 6.14. The summed E-state index contributed by atoms with van der Waals surface area (Å²) in [6.07, 6.45) is 0. The lowest BCUT2D eigenvalue weighted by molar-refractivity contribution is 0.0505. The molecule has 0 bridgehead atoms. The molecule has 0 spiro atoms. The summed E-state index contributed by atoms with van der Waals surface area (Å²) in [7, 11) is 0. The Balaban J connectivity index is 3.03. The average Bonchev–Trinajstić information content (AvgIpc) is 2.92. The Labute approximate surface area is 140 Å². The van der Waals surface area contributed by atoms with Crippen molar-refractivity contribution < 1.29 is 39.2 Å². The van der Waals surface area contributed by atoms with Crippen LogP contribution in [0.1, 0.15) is 48.6 Å².